The van der Waals surface area contributed by atoms with E-state index < -0.39 is 20.0 Å². The Hall–Kier alpha value is -1.66. The summed E-state index contributed by atoms with van der Waals surface area (Å²) in [6, 6.07) is 7.45. The highest BCUT2D eigenvalue weighted by Crippen LogP contribution is 2.32. The van der Waals surface area contributed by atoms with Crippen LogP contribution in [0.5, 0.6) is 11.5 Å². The number of ether oxygens (including phenoxy) is 2. The Morgan fingerprint density at radius 3 is 2.42 bits per heavy atom. The Bertz CT molecular complexity index is 1010. The van der Waals surface area contributed by atoms with Crippen LogP contribution in [0, 0.1) is 0 Å². The molecule has 0 amide bonds. The SMILES string of the molecule is CN(C)S(=O)(=O)c1ccc(CNS(=O)(=O)c2ccc3c(c2)OCCO3)s1. The van der Waals surface area contributed by atoms with Gasteiger partial charge in [0.2, 0.25) is 10.0 Å². The van der Waals surface area contributed by atoms with Crippen molar-refractivity contribution in [2.24, 2.45) is 0 Å². The van der Waals surface area contributed by atoms with Gasteiger partial charge in [-0.05, 0) is 24.3 Å². The third-order valence-corrected chi connectivity index (χ3v) is 8.40. The molecule has 1 aromatic carbocycles. The zero-order valence-electron chi connectivity index (χ0n) is 14.1. The molecule has 8 nitrogen and oxygen atoms in total. The molecular weight excluding hydrogens is 400 g/mol. The molecule has 1 aliphatic rings. The monoisotopic (exact) mass is 418 g/mol. The van der Waals surface area contributed by atoms with Crippen molar-refractivity contribution in [1.29, 1.82) is 0 Å². The lowest BCUT2D eigenvalue weighted by Gasteiger charge is -2.18. The van der Waals surface area contributed by atoms with Crippen LogP contribution < -0.4 is 14.2 Å². The second kappa shape index (κ2) is 7.16. The summed E-state index contributed by atoms with van der Waals surface area (Å²) < 4.78 is 63.6. The molecule has 0 unspecified atom stereocenters. The standard InChI is InChI=1S/C15H18N2O6S3/c1-17(2)26(20,21)15-6-3-11(24-15)10-16-25(18,19)12-4-5-13-14(9-12)23-8-7-22-13/h3-6,9,16H,7-8,10H2,1-2H3. The van der Waals surface area contributed by atoms with Crippen LogP contribution in [0.1, 0.15) is 4.88 Å². The maximum Gasteiger partial charge on any atom is 0.252 e. The van der Waals surface area contributed by atoms with Crippen molar-refractivity contribution in [2.75, 3.05) is 27.3 Å². The van der Waals surface area contributed by atoms with Gasteiger partial charge in [-0.25, -0.2) is 25.9 Å². The van der Waals surface area contributed by atoms with Gasteiger partial charge in [-0.3, -0.25) is 0 Å². The molecule has 0 spiro atoms. The number of hydrogen-bond acceptors (Lipinski definition) is 7. The zero-order valence-corrected chi connectivity index (χ0v) is 16.6. The molecule has 0 radical (unpaired) electrons. The minimum absolute atomic E-state index is 0.00953. The molecule has 0 atom stereocenters. The Kier molecular flexibility index (Phi) is 5.26. The van der Waals surface area contributed by atoms with Crippen molar-refractivity contribution in [3.63, 3.8) is 0 Å². The minimum Gasteiger partial charge on any atom is -0.486 e. The van der Waals surface area contributed by atoms with Crippen LogP contribution in [0.25, 0.3) is 0 Å². The molecule has 11 heteroatoms. The lowest BCUT2D eigenvalue weighted by Crippen LogP contribution is -2.23. The van der Waals surface area contributed by atoms with Crippen LogP contribution in [0.3, 0.4) is 0 Å². The zero-order chi connectivity index (χ0) is 18.9. The number of hydrogen-bond donors (Lipinski definition) is 1. The molecule has 2 aromatic rings. The van der Waals surface area contributed by atoms with E-state index in [0.29, 0.717) is 29.6 Å². The van der Waals surface area contributed by atoms with E-state index in [1.165, 1.54) is 32.3 Å². The third kappa shape index (κ3) is 3.86. The second-order valence-corrected chi connectivity index (χ2v) is 11.0. The molecule has 142 valence electrons. The van der Waals surface area contributed by atoms with E-state index in [9.17, 15) is 16.8 Å². The van der Waals surface area contributed by atoms with E-state index in [4.69, 9.17) is 9.47 Å². The molecule has 1 N–H and O–H groups in total. The van der Waals surface area contributed by atoms with Crippen LogP contribution in [0.15, 0.2) is 39.4 Å². The lowest BCUT2D eigenvalue weighted by molar-refractivity contribution is 0.171. The average molecular weight is 419 g/mol. The van der Waals surface area contributed by atoms with Crippen molar-refractivity contribution in [3.8, 4) is 11.5 Å². The Morgan fingerprint density at radius 1 is 1.04 bits per heavy atom. The van der Waals surface area contributed by atoms with Gasteiger partial charge in [0.15, 0.2) is 11.5 Å². The van der Waals surface area contributed by atoms with Crippen molar-refractivity contribution < 1.29 is 26.3 Å². The fourth-order valence-electron chi connectivity index (χ4n) is 2.21. The highest BCUT2D eigenvalue weighted by Gasteiger charge is 2.22. The molecule has 0 fully saturated rings. The van der Waals surface area contributed by atoms with E-state index in [0.717, 1.165) is 15.6 Å². The molecule has 0 aliphatic carbocycles. The second-order valence-electron chi connectivity index (χ2n) is 5.64. The first-order valence-corrected chi connectivity index (χ1v) is 11.3. The van der Waals surface area contributed by atoms with Crippen molar-refractivity contribution in [3.05, 3.63) is 35.2 Å². The molecule has 1 aliphatic heterocycles. The number of sulfonamides is 2. The molecule has 0 bridgehead atoms. The van der Waals surface area contributed by atoms with E-state index in [1.807, 2.05) is 0 Å². The van der Waals surface area contributed by atoms with Crippen LogP contribution >= 0.6 is 11.3 Å². The van der Waals surface area contributed by atoms with Crippen molar-refractivity contribution in [1.82, 2.24) is 9.03 Å². The van der Waals surface area contributed by atoms with Gasteiger partial charge in [0.05, 0.1) is 4.90 Å². The number of thiophene rings is 1. The quantitative estimate of drug-likeness (QED) is 0.758. The summed E-state index contributed by atoms with van der Waals surface area (Å²) in [7, 11) is -4.41. The molecular formula is C15H18N2O6S3. The number of benzene rings is 1. The van der Waals surface area contributed by atoms with Crippen LogP contribution in [-0.2, 0) is 26.6 Å². The van der Waals surface area contributed by atoms with Crippen LogP contribution in [0.4, 0.5) is 0 Å². The fraction of sp³-hybridized carbons (Fsp3) is 0.333. The van der Waals surface area contributed by atoms with E-state index in [-0.39, 0.29) is 15.6 Å². The third-order valence-electron chi connectivity index (χ3n) is 3.63. The minimum atomic E-state index is -3.77. The molecule has 0 saturated carbocycles. The van der Waals surface area contributed by atoms with E-state index in [1.54, 1.807) is 12.1 Å². The molecule has 3 rings (SSSR count). The summed E-state index contributed by atoms with van der Waals surface area (Å²) >= 11 is 1.03. The summed E-state index contributed by atoms with van der Waals surface area (Å²) in [5, 5.41) is 0. The highest BCUT2D eigenvalue weighted by molar-refractivity contribution is 7.91. The number of nitrogens with one attached hydrogen (secondary N) is 1. The van der Waals surface area contributed by atoms with Gasteiger partial charge >= 0.3 is 0 Å². The van der Waals surface area contributed by atoms with Gasteiger partial charge in [-0.2, -0.15) is 0 Å². The largest absolute Gasteiger partial charge is 0.486 e. The summed E-state index contributed by atoms with van der Waals surface area (Å²) in [6.07, 6.45) is 0. The number of fused-ring (bicyclic) bond motifs is 1. The number of nitrogens with zero attached hydrogens (tertiary/aromatic N) is 1. The first kappa shape index (κ1) is 19.1. The van der Waals surface area contributed by atoms with Crippen molar-refractivity contribution in [2.45, 2.75) is 15.6 Å². The highest BCUT2D eigenvalue weighted by atomic mass is 32.2. The van der Waals surface area contributed by atoms with Crippen LogP contribution in [-0.4, -0.2) is 48.4 Å². The van der Waals surface area contributed by atoms with Crippen LogP contribution in [0.2, 0.25) is 0 Å². The van der Waals surface area contributed by atoms with Crippen molar-refractivity contribution >= 4 is 31.4 Å². The smallest absolute Gasteiger partial charge is 0.252 e. The van der Waals surface area contributed by atoms with Gasteiger partial charge in [0.25, 0.3) is 10.0 Å². The summed E-state index contributed by atoms with van der Waals surface area (Å²) in [5.74, 6) is 0.890. The van der Waals surface area contributed by atoms with Gasteiger partial charge < -0.3 is 9.47 Å². The maximum absolute atomic E-state index is 12.5. The topological polar surface area (TPSA) is 102 Å². The van der Waals surface area contributed by atoms with E-state index in [2.05, 4.69) is 4.72 Å². The van der Waals surface area contributed by atoms with Gasteiger partial charge in [0, 0.05) is 31.6 Å². The molecule has 2 heterocycles. The molecule has 26 heavy (non-hydrogen) atoms. The Labute approximate surface area is 156 Å². The maximum atomic E-state index is 12.5. The van der Waals surface area contributed by atoms with Gasteiger partial charge in [-0.1, -0.05) is 0 Å². The first-order chi connectivity index (χ1) is 12.2. The Balaban J connectivity index is 1.74. The van der Waals surface area contributed by atoms with Gasteiger partial charge in [0.1, 0.15) is 17.4 Å². The lowest BCUT2D eigenvalue weighted by atomic mass is 10.3. The van der Waals surface area contributed by atoms with E-state index >= 15 is 0 Å². The summed E-state index contributed by atoms with van der Waals surface area (Å²) in [5.41, 5.74) is 0. The Morgan fingerprint density at radius 2 is 1.73 bits per heavy atom. The predicted octanol–water partition coefficient (Wildman–Crippen LogP) is 1.25. The summed E-state index contributed by atoms with van der Waals surface area (Å²) in [4.78, 5) is 0.644. The molecule has 1 aromatic heterocycles. The first-order valence-electron chi connectivity index (χ1n) is 7.61. The fourth-order valence-corrected chi connectivity index (χ4v) is 5.79. The predicted molar refractivity (Wildman–Crippen MR) is 96.6 cm³/mol. The average Bonchev–Trinajstić information content (AvgIpc) is 3.09. The summed E-state index contributed by atoms with van der Waals surface area (Å²) in [6.45, 7) is 0.778. The van der Waals surface area contributed by atoms with Gasteiger partial charge in [-0.15, -0.1) is 11.3 Å². The molecule has 0 saturated heterocycles. The normalized spacial score (nSPS) is 14.6. The number of rotatable bonds is 6.